The van der Waals surface area contributed by atoms with Gasteiger partial charge in [-0.2, -0.15) is 0 Å². The number of para-hydroxylation sites is 2. The van der Waals surface area contributed by atoms with E-state index in [1.165, 1.54) is 21.5 Å². The van der Waals surface area contributed by atoms with Gasteiger partial charge in [-0.05, 0) is 40.6 Å². The van der Waals surface area contributed by atoms with Crippen molar-refractivity contribution < 1.29 is 0 Å². The highest BCUT2D eigenvalue weighted by atomic mass is 15.2. The Morgan fingerprint density at radius 1 is 0.600 bits per heavy atom. The molecule has 2 aromatic heterocycles. The van der Waals surface area contributed by atoms with Crippen molar-refractivity contribution in [3.8, 4) is 17.2 Å². The monoisotopic (exact) mass is 446 g/mol. The molecule has 0 unspecified atom stereocenters. The molecule has 0 atom stereocenters. The van der Waals surface area contributed by atoms with Crippen molar-refractivity contribution in [2.24, 2.45) is 0 Å². The van der Waals surface area contributed by atoms with Crippen LogP contribution < -0.4 is 0 Å². The lowest BCUT2D eigenvalue weighted by molar-refractivity contribution is 1.01. The molecule has 4 heteroatoms. The predicted octanol–water partition coefficient (Wildman–Crippen LogP) is 8.10. The van der Waals surface area contributed by atoms with Gasteiger partial charge in [0.25, 0.3) is 0 Å². The largest absolute Gasteiger partial charge is 0.278 e. The molecular formula is C31H18N4. The number of hydrogen-bond donors (Lipinski definition) is 0. The number of fused-ring (bicyclic) bond motifs is 5. The fourth-order valence-corrected chi connectivity index (χ4v) is 4.95. The SMILES string of the molecule is [C-]#[N+]c1ccc(-c2nc(-n3c4ccccc4c4cc5ccccc5cc43)nc3ccccc23)cc1. The van der Waals surface area contributed by atoms with E-state index < -0.39 is 0 Å². The topological polar surface area (TPSA) is 35.1 Å². The van der Waals surface area contributed by atoms with Crippen LogP contribution in [0.1, 0.15) is 0 Å². The van der Waals surface area contributed by atoms with Crippen molar-refractivity contribution >= 4 is 49.2 Å². The number of rotatable bonds is 2. The minimum absolute atomic E-state index is 0.613. The van der Waals surface area contributed by atoms with E-state index in [1.807, 2.05) is 42.5 Å². The molecule has 2 heterocycles. The Labute approximate surface area is 201 Å². The first-order valence-corrected chi connectivity index (χ1v) is 11.5. The average molecular weight is 447 g/mol. The van der Waals surface area contributed by atoms with E-state index in [-0.39, 0.29) is 0 Å². The Hall–Kier alpha value is -5.01. The molecule has 4 nitrogen and oxygen atoms in total. The standard InChI is InChI=1S/C31H18N4/c1-32-23-16-14-20(15-17-23)30-25-11-4-6-12-27(25)33-31(34-30)35-28-13-7-5-10-24(28)26-18-21-8-2-3-9-22(21)19-29(26)35/h2-19H. The predicted molar refractivity (Wildman–Crippen MR) is 143 cm³/mol. The molecule has 0 aliphatic heterocycles. The van der Waals surface area contributed by atoms with Gasteiger partial charge < -0.3 is 0 Å². The lowest BCUT2D eigenvalue weighted by Crippen LogP contribution is -2.03. The van der Waals surface area contributed by atoms with Gasteiger partial charge in [0.15, 0.2) is 5.69 Å². The first kappa shape index (κ1) is 19.5. The molecule has 0 aliphatic rings. The van der Waals surface area contributed by atoms with Crippen LogP contribution >= 0.6 is 0 Å². The van der Waals surface area contributed by atoms with Crippen LogP contribution in [0.3, 0.4) is 0 Å². The molecule has 7 rings (SSSR count). The van der Waals surface area contributed by atoms with Crippen LogP contribution in [0.5, 0.6) is 0 Å². The Balaban J connectivity index is 1.59. The van der Waals surface area contributed by atoms with E-state index in [1.54, 1.807) is 0 Å². The van der Waals surface area contributed by atoms with Gasteiger partial charge in [-0.25, -0.2) is 14.8 Å². The molecule has 7 aromatic rings. The third kappa shape index (κ3) is 2.99. The minimum Gasteiger partial charge on any atom is -0.278 e. The summed E-state index contributed by atoms with van der Waals surface area (Å²) < 4.78 is 2.17. The second-order valence-electron chi connectivity index (χ2n) is 8.62. The van der Waals surface area contributed by atoms with Gasteiger partial charge in [0.05, 0.1) is 28.8 Å². The fraction of sp³-hybridized carbons (Fsp3) is 0. The summed E-state index contributed by atoms with van der Waals surface area (Å²) in [5, 5.41) is 5.73. The van der Waals surface area contributed by atoms with E-state index in [2.05, 4.69) is 76.1 Å². The molecule has 0 radical (unpaired) electrons. The number of benzene rings is 5. The van der Waals surface area contributed by atoms with Gasteiger partial charge in [0, 0.05) is 16.2 Å². The first-order chi connectivity index (χ1) is 17.3. The number of nitrogens with zero attached hydrogens (tertiary/aromatic N) is 4. The van der Waals surface area contributed by atoms with E-state index >= 15 is 0 Å². The Kier molecular flexibility index (Phi) is 4.18. The van der Waals surface area contributed by atoms with E-state index in [4.69, 9.17) is 16.5 Å². The highest BCUT2D eigenvalue weighted by Crippen LogP contribution is 2.35. The first-order valence-electron chi connectivity index (χ1n) is 11.5. The van der Waals surface area contributed by atoms with Crippen LogP contribution in [0.15, 0.2) is 109 Å². The molecule has 5 aromatic carbocycles. The van der Waals surface area contributed by atoms with Crippen LogP contribution in [0.4, 0.5) is 5.69 Å². The van der Waals surface area contributed by atoms with Crippen molar-refractivity contribution in [3.05, 3.63) is 121 Å². The van der Waals surface area contributed by atoms with Crippen molar-refractivity contribution in [1.82, 2.24) is 14.5 Å². The highest BCUT2D eigenvalue weighted by molar-refractivity contribution is 6.13. The zero-order chi connectivity index (χ0) is 23.4. The Morgan fingerprint density at radius 2 is 1.29 bits per heavy atom. The zero-order valence-electron chi connectivity index (χ0n) is 18.7. The summed E-state index contributed by atoms with van der Waals surface area (Å²) in [5.74, 6) is 0.634. The summed E-state index contributed by atoms with van der Waals surface area (Å²) >= 11 is 0. The maximum absolute atomic E-state index is 7.29. The second kappa shape index (κ2) is 7.51. The van der Waals surface area contributed by atoms with Crippen molar-refractivity contribution in [2.45, 2.75) is 0 Å². The molecule has 0 spiro atoms. The Bertz CT molecular complexity index is 1960. The van der Waals surface area contributed by atoms with Gasteiger partial charge in [-0.3, -0.25) is 4.57 Å². The van der Waals surface area contributed by atoms with Crippen LogP contribution in [-0.4, -0.2) is 14.5 Å². The molecule has 162 valence electrons. The van der Waals surface area contributed by atoms with Gasteiger partial charge in [0.2, 0.25) is 5.95 Å². The molecular weight excluding hydrogens is 428 g/mol. The third-order valence-electron chi connectivity index (χ3n) is 6.60. The summed E-state index contributed by atoms with van der Waals surface area (Å²) in [6, 6.07) is 37.0. The molecule has 0 saturated carbocycles. The second-order valence-corrected chi connectivity index (χ2v) is 8.62. The van der Waals surface area contributed by atoms with Crippen molar-refractivity contribution in [3.63, 3.8) is 0 Å². The summed E-state index contributed by atoms with van der Waals surface area (Å²) in [7, 11) is 0. The molecule has 0 aliphatic carbocycles. The minimum atomic E-state index is 0.613. The van der Waals surface area contributed by atoms with Gasteiger partial charge in [-0.15, -0.1) is 0 Å². The lowest BCUT2D eigenvalue weighted by Gasteiger charge is -2.12. The average Bonchev–Trinajstić information content (AvgIpc) is 3.24. The van der Waals surface area contributed by atoms with Gasteiger partial charge in [0.1, 0.15) is 0 Å². The maximum atomic E-state index is 7.29. The lowest BCUT2D eigenvalue weighted by atomic mass is 10.1. The fourth-order valence-electron chi connectivity index (χ4n) is 4.95. The van der Waals surface area contributed by atoms with Crippen molar-refractivity contribution in [2.75, 3.05) is 0 Å². The molecule has 0 saturated heterocycles. The summed E-state index contributed by atoms with van der Waals surface area (Å²) in [5.41, 5.74) is 5.46. The summed E-state index contributed by atoms with van der Waals surface area (Å²) in [6.07, 6.45) is 0. The third-order valence-corrected chi connectivity index (χ3v) is 6.60. The van der Waals surface area contributed by atoms with Gasteiger partial charge in [-0.1, -0.05) is 84.9 Å². The molecule has 35 heavy (non-hydrogen) atoms. The van der Waals surface area contributed by atoms with Crippen LogP contribution in [0.25, 0.3) is 65.5 Å². The van der Waals surface area contributed by atoms with Crippen molar-refractivity contribution in [1.29, 1.82) is 0 Å². The summed E-state index contributed by atoms with van der Waals surface area (Å²) in [4.78, 5) is 13.7. The highest BCUT2D eigenvalue weighted by Gasteiger charge is 2.17. The van der Waals surface area contributed by atoms with Crippen LogP contribution in [0.2, 0.25) is 0 Å². The van der Waals surface area contributed by atoms with Crippen LogP contribution in [0, 0.1) is 6.57 Å². The van der Waals surface area contributed by atoms with Gasteiger partial charge >= 0.3 is 0 Å². The molecule has 0 bridgehead atoms. The van der Waals surface area contributed by atoms with E-state index in [0.29, 0.717) is 11.6 Å². The molecule has 0 N–H and O–H groups in total. The Morgan fingerprint density at radius 3 is 2.09 bits per heavy atom. The van der Waals surface area contributed by atoms with E-state index in [0.717, 1.165) is 33.2 Å². The number of hydrogen-bond acceptors (Lipinski definition) is 2. The van der Waals surface area contributed by atoms with E-state index in [9.17, 15) is 0 Å². The summed E-state index contributed by atoms with van der Waals surface area (Å²) in [6.45, 7) is 7.29. The maximum Gasteiger partial charge on any atom is 0.235 e. The normalized spacial score (nSPS) is 11.4. The molecule has 0 fully saturated rings. The zero-order valence-corrected chi connectivity index (χ0v) is 18.7. The quantitative estimate of drug-likeness (QED) is 0.252. The van der Waals surface area contributed by atoms with Crippen LogP contribution in [-0.2, 0) is 0 Å². The smallest absolute Gasteiger partial charge is 0.235 e. The number of aromatic nitrogens is 3. The molecule has 0 amide bonds.